The number of nitrogens with one attached hydrogen (secondary N) is 1. The number of aromatic carboxylic acids is 1. The molecule has 0 aliphatic heterocycles. The number of carboxylic acid groups (broad SMARTS) is 1. The molecule has 2 aromatic rings. The van der Waals surface area contributed by atoms with Crippen LogP contribution in [0, 0.1) is 0 Å². The molecular formula is C17H18ClNO3. The van der Waals surface area contributed by atoms with Gasteiger partial charge in [-0.3, -0.25) is 0 Å². The number of ether oxygens (including phenoxy) is 1. The largest absolute Gasteiger partial charge is 0.492 e. The minimum absolute atomic E-state index is 0.256. The van der Waals surface area contributed by atoms with E-state index in [4.69, 9.17) is 21.4 Å². The molecule has 0 saturated heterocycles. The normalized spacial score (nSPS) is 10.3. The summed E-state index contributed by atoms with van der Waals surface area (Å²) < 4.78 is 5.53. The van der Waals surface area contributed by atoms with Crippen molar-refractivity contribution in [2.75, 3.05) is 11.9 Å². The molecule has 116 valence electrons. The van der Waals surface area contributed by atoms with Gasteiger partial charge in [-0.25, -0.2) is 4.79 Å². The Morgan fingerprint density at radius 1 is 1.27 bits per heavy atom. The molecule has 0 heterocycles. The molecule has 0 aliphatic rings. The summed E-state index contributed by atoms with van der Waals surface area (Å²) in [6.07, 6.45) is 0.930. The summed E-state index contributed by atoms with van der Waals surface area (Å²) in [6.45, 7) is 3.23. The fourth-order valence-electron chi connectivity index (χ4n) is 1.95. The van der Waals surface area contributed by atoms with Crippen molar-refractivity contribution >= 4 is 23.3 Å². The average molecular weight is 320 g/mol. The highest BCUT2D eigenvalue weighted by Crippen LogP contribution is 2.26. The van der Waals surface area contributed by atoms with Crippen LogP contribution in [-0.4, -0.2) is 17.7 Å². The number of halogens is 1. The molecule has 0 radical (unpaired) electrons. The van der Waals surface area contributed by atoms with E-state index in [1.165, 1.54) is 0 Å². The van der Waals surface area contributed by atoms with E-state index in [9.17, 15) is 4.79 Å². The maximum Gasteiger partial charge on any atom is 0.335 e. The van der Waals surface area contributed by atoms with Crippen LogP contribution in [-0.2, 0) is 6.54 Å². The first kappa shape index (κ1) is 16.2. The van der Waals surface area contributed by atoms with Gasteiger partial charge in [0.25, 0.3) is 0 Å². The van der Waals surface area contributed by atoms with E-state index in [-0.39, 0.29) is 5.56 Å². The monoisotopic (exact) mass is 319 g/mol. The van der Waals surface area contributed by atoms with Crippen molar-refractivity contribution < 1.29 is 14.6 Å². The quantitative estimate of drug-likeness (QED) is 0.792. The molecule has 4 nitrogen and oxygen atoms in total. The third kappa shape index (κ3) is 4.40. The standard InChI is InChI=1S/C17H18ClNO3/c1-2-8-22-16-7-6-12(9-15(16)18)11-19-14-5-3-4-13(10-14)17(20)21/h3-7,9-10,19H,2,8,11H2,1H3,(H,20,21). The minimum Gasteiger partial charge on any atom is -0.492 e. The lowest BCUT2D eigenvalue weighted by Crippen LogP contribution is -2.02. The molecule has 2 aromatic carbocycles. The highest BCUT2D eigenvalue weighted by molar-refractivity contribution is 6.32. The molecular weight excluding hydrogens is 302 g/mol. The van der Waals surface area contributed by atoms with E-state index in [1.54, 1.807) is 18.2 Å². The molecule has 0 fully saturated rings. The Morgan fingerprint density at radius 2 is 2.09 bits per heavy atom. The molecule has 2 N–H and O–H groups in total. The van der Waals surface area contributed by atoms with E-state index >= 15 is 0 Å². The topological polar surface area (TPSA) is 58.6 Å². The molecule has 0 bridgehead atoms. The maximum atomic E-state index is 10.9. The average Bonchev–Trinajstić information content (AvgIpc) is 2.52. The van der Waals surface area contributed by atoms with Crippen LogP contribution in [0.25, 0.3) is 0 Å². The zero-order valence-corrected chi connectivity index (χ0v) is 13.1. The van der Waals surface area contributed by atoms with Crippen LogP contribution in [0.2, 0.25) is 5.02 Å². The molecule has 0 aromatic heterocycles. The lowest BCUT2D eigenvalue weighted by Gasteiger charge is -2.10. The molecule has 22 heavy (non-hydrogen) atoms. The van der Waals surface area contributed by atoms with Crippen LogP contribution in [0.4, 0.5) is 5.69 Å². The molecule has 5 heteroatoms. The first-order valence-electron chi connectivity index (χ1n) is 7.08. The summed E-state index contributed by atoms with van der Waals surface area (Å²) in [7, 11) is 0. The highest BCUT2D eigenvalue weighted by atomic mass is 35.5. The second kappa shape index (κ2) is 7.71. The van der Waals surface area contributed by atoms with Crippen molar-refractivity contribution in [2.24, 2.45) is 0 Å². The van der Waals surface area contributed by atoms with Crippen LogP contribution in [0.1, 0.15) is 29.3 Å². The van der Waals surface area contributed by atoms with Gasteiger partial charge in [-0.2, -0.15) is 0 Å². The Bertz CT molecular complexity index is 658. The molecule has 2 rings (SSSR count). The predicted octanol–water partition coefficient (Wildman–Crippen LogP) is 4.44. The second-order valence-corrected chi connectivity index (χ2v) is 5.26. The van der Waals surface area contributed by atoms with E-state index in [0.29, 0.717) is 23.9 Å². The van der Waals surface area contributed by atoms with Gasteiger partial charge in [0.15, 0.2) is 0 Å². The van der Waals surface area contributed by atoms with Crippen molar-refractivity contribution in [3.05, 3.63) is 58.6 Å². The molecule has 0 atom stereocenters. The van der Waals surface area contributed by atoms with Gasteiger partial charge in [0.1, 0.15) is 5.75 Å². The van der Waals surface area contributed by atoms with E-state index in [2.05, 4.69) is 5.32 Å². The number of carboxylic acids is 1. The SMILES string of the molecule is CCCOc1ccc(CNc2cccc(C(=O)O)c2)cc1Cl. The van der Waals surface area contributed by atoms with Gasteiger partial charge in [-0.1, -0.05) is 30.7 Å². The Labute approximate surface area is 134 Å². The summed E-state index contributed by atoms with van der Waals surface area (Å²) in [6, 6.07) is 12.3. The molecule has 0 aliphatic carbocycles. The van der Waals surface area contributed by atoms with Crippen molar-refractivity contribution in [1.82, 2.24) is 0 Å². The Hall–Kier alpha value is -2.20. The summed E-state index contributed by atoms with van der Waals surface area (Å²) in [4.78, 5) is 10.9. The van der Waals surface area contributed by atoms with Crippen LogP contribution in [0.15, 0.2) is 42.5 Å². The van der Waals surface area contributed by atoms with Crippen LogP contribution in [0.5, 0.6) is 5.75 Å². The van der Waals surface area contributed by atoms with Crippen molar-refractivity contribution in [1.29, 1.82) is 0 Å². The number of anilines is 1. The van der Waals surface area contributed by atoms with Crippen molar-refractivity contribution in [3.63, 3.8) is 0 Å². The molecule has 0 saturated carbocycles. The summed E-state index contributed by atoms with van der Waals surface area (Å²) in [5, 5.41) is 12.7. The lowest BCUT2D eigenvalue weighted by molar-refractivity contribution is 0.0697. The zero-order valence-electron chi connectivity index (χ0n) is 12.3. The second-order valence-electron chi connectivity index (χ2n) is 4.85. The first-order chi connectivity index (χ1) is 10.6. The Morgan fingerprint density at radius 3 is 2.77 bits per heavy atom. The third-order valence-electron chi connectivity index (χ3n) is 3.06. The van der Waals surface area contributed by atoms with Crippen molar-refractivity contribution in [2.45, 2.75) is 19.9 Å². The van der Waals surface area contributed by atoms with Gasteiger partial charge in [0.05, 0.1) is 17.2 Å². The van der Waals surface area contributed by atoms with Gasteiger partial charge in [0.2, 0.25) is 0 Å². The van der Waals surface area contributed by atoms with Crippen LogP contribution in [0.3, 0.4) is 0 Å². The summed E-state index contributed by atoms with van der Waals surface area (Å²) in [5.74, 6) is -0.260. The fraction of sp³-hybridized carbons (Fsp3) is 0.235. The highest BCUT2D eigenvalue weighted by Gasteiger charge is 2.05. The predicted molar refractivity (Wildman–Crippen MR) is 88.0 cm³/mol. The lowest BCUT2D eigenvalue weighted by atomic mass is 10.2. The van der Waals surface area contributed by atoms with Gasteiger partial charge in [0, 0.05) is 12.2 Å². The number of rotatable bonds is 7. The Balaban J connectivity index is 2.01. The van der Waals surface area contributed by atoms with Crippen LogP contribution < -0.4 is 10.1 Å². The maximum absolute atomic E-state index is 10.9. The third-order valence-corrected chi connectivity index (χ3v) is 3.36. The first-order valence-corrected chi connectivity index (χ1v) is 7.46. The van der Waals surface area contributed by atoms with E-state index < -0.39 is 5.97 Å². The van der Waals surface area contributed by atoms with E-state index in [0.717, 1.165) is 17.7 Å². The number of benzene rings is 2. The van der Waals surface area contributed by atoms with E-state index in [1.807, 2.05) is 31.2 Å². The van der Waals surface area contributed by atoms with Crippen LogP contribution >= 0.6 is 11.6 Å². The molecule has 0 amide bonds. The van der Waals surface area contributed by atoms with Gasteiger partial charge in [-0.05, 0) is 42.3 Å². The zero-order chi connectivity index (χ0) is 15.9. The minimum atomic E-state index is -0.941. The summed E-state index contributed by atoms with van der Waals surface area (Å²) in [5.41, 5.74) is 2.00. The van der Waals surface area contributed by atoms with Gasteiger partial charge >= 0.3 is 5.97 Å². The van der Waals surface area contributed by atoms with Gasteiger partial charge < -0.3 is 15.2 Å². The smallest absolute Gasteiger partial charge is 0.335 e. The molecule has 0 spiro atoms. The number of hydrogen-bond acceptors (Lipinski definition) is 3. The van der Waals surface area contributed by atoms with Gasteiger partial charge in [-0.15, -0.1) is 0 Å². The number of carbonyl (C=O) groups is 1. The fourth-order valence-corrected chi connectivity index (χ4v) is 2.21. The van der Waals surface area contributed by atoms with Crippen molar-refractivity contribution in [3.8, 4) is 5.75 Å². The summed E-state index contributed by atoms with van der Waals surface area (Å²) >= 11 is 6.18. The Kier molecular flexibility index (Phi) is 5.67. The molecule has 0 unspecified atom stereocenters. The number of hydrogen-bond donors (Lipinski definition) is 2.